The summed E-state index contributed by atoms with van der Waals surface area (Å²) in [5, 5.41) is 2.45. The quantitative estimate of drug-likeness (QED) is 0.614. The number of fused-ring (bicyclic) bond motifs is 1. The number of nitrogens with zero attached hydrogens (tertiary/aromatic N) is 2. The summed E-state index contributed by atoms with van der Waals surface area (Å²) in [5.74, 6) is -0.443. The highest BCUT2D eigenvalue weighted by molar-refractivity contribution is 9.10. The summed E-state index contributed by atoms with van der Waals surface area (Å²) in [6.45, 7) is 3.65. The van der Waals surface area contributed by atoms with Gasteiger partial charge < -0.3 is 4.74 Å². The van der Waals surface area contributed by atoms with Gasteiger partial charge in [0.25, 0.3) is 5.56 Å². The van der Waals surface area contributed by atoms with Gasteiger partial charge in [0.05, 0.1) is 18.3 Å². The van der Waals surface area contributed by atoms with Gasteiger partial charge in [0.1, 0.15) is 10.9 Å². The zero-order chi connectivity index (χ0) is 17.3. The number of hydrogen-bond donors (Lipinski definition) is 0. The van der Waals surface area contributed by atoms with Crippen LogP contribution in [-0.2, 0) is 9.53 Å². The van der Waals surface area contributed by atoms with Crippen LogP contribution in [0.2, 0.25) is 0 Å². The van der Waals surface area contributed by atoms with Crippen LogP contribution in [0, 0.1) is 0 Å². The normalized spacial score (nSPS) is 12.3. The average molecular weight is 407 g/mol. The molecule has 0 fully saturated rings. The molecule has 124 valence electrons. The molecule has 0 N–H and O–H groups in total. The van der Waals surface area contributed by atoms with Crippen LogP contribution in [0.1, 0.15) is 19.9 Å². The molecule has 1 unspecified atom stereocenters. The van der Waals surface area contributed by atoms with E-state index in [1.54, 1.807) is 13.8 Å². The molecular weight excluding hydrogens is 392 g/mol. The fourth-order valence-electron chi connectivity index (χ4n) is 2.44. The molecule has 0 aliphatic rings. The topological polar surface area (TPSA) is 61.2 Å². The van der Waals surface area contributed by atoms with E-state index in [-0.39, 0.29) is 12.2 Å². The van der Waals surface area contributed by atoms with E-state index in [0.717, 1.165) is 15.6 Å². The molecule has 0 saturated carbocycles. The van der Waals surface area contributed by atoms with Crippen molar-refractivity contribution in [1.82, 2.24) is 9.55 Å². The number of hydrogen-bond acceptors (Lipinski definition) is 5. The first-order chi connectivity index (χ1) is 11.5. The van der Waals surface area contributed by atoms with Gasteiger partial charge in [-0.3, -0.25) is 9.36 Å². The molecular formula is C17H15BrN2O3S. The Balaban J connectivity index is 2.14. The molecule has 0 amide bonds. The number of carbonyl (C=O) groups is 1. The third kappa shape index (κ3) is 3.01. The Morgan fingerprint density at radius 3 is 2.75 bits per heavy atom. The molecule has 0 aliphatic heterocycles. The van der Waals surface area contributed by atoms with Crippen molar-refractivity contribution in [3.8, 4) is 11.1 Å². The van der Waals surface area contributed by atoms with Crippen LogP contribution >= 0.6 is 27.3 Å². The van der Waals surface area contributed by atoms with Gasteiger partial charge in [0.15, 0.2) is 0 Å². The fourth-order valence-corrected chi connectivity index (χ4v) is 3.61. The lowest BCUT2D eigenvalue weighted by atomic mass is 10.1. The minimum Gasteiger partial charge on any atom is -0.464 e. The van der Waals surface area contributed by atoms with Gasteiger partial charge in [-0.05, 0) is 31.5 Å². The second kappa shape index (κ2) is 6.86. The monoisotopic (exact) mass is 406 g/mol. The van der Waals surface area contributed by atoms with Crippen LogP contribution in [-0.4, -0.2) is 22.1 Å². The molecule has 0 bridgehead atoms. The number of halogens is 1. The third-order valence-corrected chi connectivity index (χ3v) is 5.13. The minimum atomic E-state index is -0.716. The SMILES string of the molecule is CCOC(=O)C(C)n1cnc2scc(-c3ccc(Br)cc3)c2c1=O. The van der Waals surface area contributed by atoms with E-state index in [1.165, 1.54) is 22.2 Å². The van der Waals surface area contributed by atoms with Crippen molar-refractivity contribution in [2.45, 2.75) is 19.9 Å². The number of aromatic nitrogens is 2. The Kier molecular flexibility index (Phi) is 4.82. The summed E-state index contributed by atoms with van der Waals surface area (Å²) in [5.41, 5.74) is 1.52. The lowest BCUT2D eigenvalue weighted by Gasteiger charge is -2.13. The van der Waals surface area contributed by atoms with E-state index in [9.17, 15) is 9.59 Å². The predicted molar refractivity (Wildman–Crippen MR) is 98.4 cm³/mol. The first kappa shape index (κ1) is 16.9. The highest BCUT2D eigenvalue weighted by Crippen LogP contribution is 2.31. The summed E-state index contributed by atoms with van der Waals surface area (Å²) in [6.07, 6.45) is 1.41. The van der Waals surface area contributed by atoms with Crippen molar-refractivity contribution < 1.29 is 9.53 Å². The van der Waals surface area contributed by atoms with E-state index in [4.69, 9.17) is 4.74 Å². The van der Waals surface area contributed by atoms with Crippen LogP contribution in [0.15, 0.2) is 45.2 Å². The molecule has 1 aromatic carbocycles. The van der Waals surface area contributed by atoms with Crippen LogP contribution in [0.5, 0.6) is 0 Å². The molecule has 0 radical (unpaired) electrons. The van der Waals surface area contributed by atoms with E-state index in [1.807, 2.05) is 29.6 Å². The maximum absolute atomic E-state index is 12.9. The molecule has 3 rings (SSSR count). The molecule has 0 saturated heterocycles. The first-order valence-corrected chi connectivity index (χ1v) is 9.11. The smallest absolute Gasteiger partial charge is 0.328 e. The Bertz CT molecular complexity index is 947. The van der Waals surface area contributed by atoms with E-state index in [0.29, 0.717) is 10.2 Å². The molecule has 5 nitrogen and oxygen atoms in total. The van der Waals surface area contributed by atoms with Gasteiger partial charge in [-0.1, -0.05) is 28.1 Å². The van der Waals surface area contributed by atoms with E-state index >= 15 is 0 Å². The lowest BCUT2D eigenvalue weighted by Crippen LogP contribution is -2.29. The van der Waals surface area contributed by atoms with Crippen LogP contribution in [0.3, 0.4) is 0 Å². The summed E-state index contributed by atoms with van der Waals surface area (Å²) < 4.78 is 7.30. The molecule has 7 heteroatoms. The molecule has 0 spiro atoms. The second-order valence-corrected chi connectivity index (χ2v) is 7.00. The van der Waals surface area contributed by atoms with Gasteiger partial charge >= 0.3 is 5.97 Å². The average Bonchev–Trinajstić information content (AvgIpc) is 3.00. The van der Waals surface area contributed by atoms with Crippen LogP contribution in [0.4, 0.5) is 0 Å². The van der Waals surface area contributed by atoms with Crippen LogP contribution in [0.25, 0.3) is 21.3 Å². The number of thiophene rings is 1. The van der Waals surface area contributed by atoms with Crippen molar-refractivity contribution in [2.24, 2.45) is 0 Å². The summed E-state index contributed by atoms with van der Waals surface area (Å²) in [4.78, 5) is 29.9. The first-order valence-electron chi connectivity index (χ1n) is 7.43. The lowest BCUT2D eigenvalue weighted by molar-refractivity contribution is -0.146. The molecule has 2 heterocycles. The molecule has 1 atom stereocenters. The zero-order valence-electron chi connectivity index (χ0n) is 13.2. The van der Waals surface area contributed by atoms with Gasteiger partial charge in [-0.15, -0.1) is 11.3 Å². The Morgan fingerprint density at radius 2 is 2.08 bits per heavy atom. The summed E-state index contributed by atoms with van der Waals surface area (Å²) in [6, 6.07) is 7.02. The molecule has 3 aromatic rings. The molecule has 24 heavy (non-hydrogen) atoms. The maximum atomic E-state index is 12.9. The zero-order valence-corrected chi connectivity index (χ0v) is 15.6. The number of ether oxygens (including phenoxy) is 1. The van der Waals surface area contributed by atoms with E-state index < -0.39 is 12.0 Å². The van der Waals surface area contributed by atoms with Crippen molar-refractivity contribution in [2.75, 3.05) is 6.61 Å². The summed E-state index contributed by atoms with van der Waals surface area (Å²) in [7, 11) is 0. The number of esters is 1. The fraction of sp³-hybridized carbons (Fsp3) is 0.235. The van der Waals surface area contributed by atoms with Crippen molar-refractivity contribution in [3.63, 3.8) is 0 Å². The number of carbonyl (C=O) groups excluding carboxylic acids is 1. The van der Waals surface area contributed by atoms with Crippen molar-refractivity contribution in [3.05, 3.63) is 50.8 Å². The highest BCUT2D eigenvalue weighted by atomic mass is 79.9. The standard InChI is InChI=1S/C17H15BrN2O3S/c1-3-23-17(22)10(2)20-9-19-15-14(16(20)21)13(8-24-15)11-4-6-12(18)7-5-11/h4-10H,3H2,1-2H3. The Hall–Kier alpha value is -1.99. The maximum Gasteiger partial charge on any atom is 0.328 e. The summed E-state index contributed by atoms with van der Waals surface area (Å²) >= 11 is 4.82. The Morgan fingerprint density at radius 1 is 1.38 bits per heavy atom. The molecule has 2 aromatic heterocycles. The second-order valence-electron chi connectivity index (χ2n) is 5.22. The van der Waals surface area contributed by atoms with Gasteiger partial charge in [-0.25, -0.2) is 9.78 Å². The highest BCUT2D eigenvalue weighted by Gasteiger charge is 2.21. The van der Waals surface area contributed by atoms with Crippen molar-refractivity contribution in [1.29, 1.82) is 0 Å². The Labute approximate surface area is 151 Å². The minimum absolute atomic E-state index is 0.236. The van der Waals surface area contributed by atoms with Crippen molar-refractivity contribution >= 4 is 43.5 Å². The predicted octanol–water partition coefficient (Wildman–Crippen LogP) is 4.01. The molecule has 0 aliphatic carbocycles. The van der Waals surface area contributed by atoms with E-state index in [2.05, 4.69) is 20.9 Å². The van der Waals surface area contributed by atoms with Gasteiger partial charge in [-0.2, -0.15) is 0 Å². The van der Waals surface area contributed by atoms with Crippen LogP contribution < -0.4 is 5.56 Å². The van der Waals surface area contributed by atoms with Gasteiger partial charge in [0, 0.05) is 15.4 Å². The number of rotatable bonds is 4. The largest absolute Gasteiger partial charge is 0.464 e. The van der Waals surface area contributed by atoms with Gasteiger partial charge in [0.2, 0.25) is 0 Å². The number of benzene rings is 1. The third-order valence-electron chi connectivity index (χ3n) is 3.72.